The van der Waals surface area contributed by atoms with Gasteiger partial charge in [-0.2, -0.15) is 0 Å². The molecule has 1 aromatic carbocycles. The van der Waals surface area contributed by atoms with E-state index >= 15 is 0 Å². The summed E-state index contributed by atoms with van der Waals surface area (Å²) in [5, 5.41) is 5.71. The van der Waals surface area contributed by atoms with E-state index in [0.29, 0.717) is 24.4 Å². The summed E-state index contributed by atoms with van der Waals surface area (Å²) in [6.07, 6.45) is 2.20. The highest BCUT2D eigenvalue weighted by molar-refractivity contribution is 5.95. The van der Waals surface area contributed by atoms with Gasteiger partial charge in [-0.05, 0) is 25.3 Å². The third-order valence-corrected chi connectivity index (χ3v) is 6.45. The Hall–Kier alpha value is -2.91. The Kier molecular flexibility index (Phi) is 7.61. The normalized spacial score (nSPS) is 22.2. The summed E-state index contributed by atoms with van der Waals surface area (Å²) in [6.45, 7) is 7.74. The van der Waals surface area contributed by atoms with E-state index in [4.69, 9.17) is 4.74 Å². The number of carbonyl (C=O) groups excluding carboxylic acids is 3. The van der Waals surface area contributed by atoms with Crippen molar-refractivity contribution in [2.75, 3.05) is 59.0 Å². The first-order valence-electron chi connectivity index (χ1n) is 11.8. The lowest BCUT2D eigenvalue weighted by molar-refractivity contribution is -0.139. The van der Waals surface area contributed by atoms with E-state index in [1.807, 2.05) is 35.2 Å². The van der Waals surface area contributed by atoms with Crippen molar-refractivity contribution < 1.29 is 19.1 Å². The highest BCUT2D eigenvalue weighted by atomic mass is 16.5. The van der Waals surface area contributed by atoms with Crippen LogP contribution in [0.15, 0.2) is 41.6 Å². The van der Waals surface area contributed by atoms with Gasteiger partial charge in [0.2, 0.25) is 5.91 Å². The first kappa shape index (κ1) is 23.3. The molecular formula is C24H33N5O4. The van der Waals surface area contributed by atoms with Crippen LogP contribution in [0.2, 0.25) is 0 Å². The Morgan fingerprint density at radius 1 is 1.00 bits per heavy atom. The van der Waals surface area contributed by atoms with Gasteiger partial charge < -0.3 is 20.3 Å². The molecule has 2 saturated heterocycles. The number of ether oxygens (including phenoxy) is 1. The van der Waals surface area contributed by atoms with Crippen LogP contribution in [0, 0.1) is 0 Å². The number of rotatable bonds is 7. The zero-order valence-electron chi connectivity index (χ0n) is 19.2. The fourth-order valence-corrected chi connectivity index (χ4v) is 4.67. The van der Waals surface area contributed by atoms with Gasteiger partial charge in [-0.25, -0.2) is 9.59 Å². The van der Waals surface area contributed by atoms with Crippen molar-refractivity contribution >= 4 is 17.9 Å². The monoisotopic (exact) mass is 455 g/mol. The largest absolute Gasteiger partial charge is 0.463 e. The fraction of sp³-hybridized carbons (Fsp3) is 0.542. The molecule has 3 heterocycles. The zero-order valence-corrected chi connectivity index (χ0v) is 19.2. The maximum atomic E-state index is 12.9. The van der Waals surface area contributed by atoms with Gasteiger partial charge in [0.15, 0.2) is 0 Å². The molecule has 178 valence electrons. The van der Waals surface area contributed by atoms with Crippen LogP contribution >= 0.6 is 0 Å². The summed E-state index contributed by atoms with van der Waals surface area (Å²) in [4.78, 5) is 44.2. The molecule has 9 heteroatoms. The van der Waals surface area contributed by atoms with Crippen LogP contribution in [-0.2, 0) is 14.3 Å². The van der Waals surface area contributed by atoms with Gasteiger partial charge in [0, 0.05) is 51.5 Å². The Balaban J connectivity index is 1.44. The SMILES string of the molecule is CCOC(=O)C1=C(CN2CCN(CC(=O)N3CCCC3)CC2)NC(=O)NC1c1ccccc1. The summed E-state index contributed by atoms with van der Waals surface area (Å²) in [5.74, 6) is -0.215. The number of carbonyl (C=O) groups is 3. The zero-order chi connectivity index (χ0) is 23.2. The molecule has 0 radical (unpaired) electrons. The number of nitrogens with one attached hydrogen (secondary N) is 2. The minimum absolute atomic E-state index is 0.213. The third-order valence-electron chi connectivity index (χ3n) is 6.45. The number of amides is 3. The number of hydrogen-bond donors (Lipinski definition) is 2. The number of esters is 1. The molecule has 3 aliphatic rings. The predicted molar refractivity (Wildman–Crippen MR) is 123 cm³/mol. The van der Waals surface area contributed by atoms with Crippen LogP contribution in [0.4, 0.5) is 4.79 Å². The predicted octanol–water partition coefficient (Wildman–Crippen LogP) is 1.10. The van der Waals surface area contributed by atoms with Crippen molar-refractivity contribution in [3.63, 3.8) is 0 Å². The molecule has 2 N–H and O–H groups in total. The first-order valence-corrected chi connectivity index (χ1v) is 11.8. The van der Waals surface area contributed by atoms with Crippen LogP contribution in [-0.4, -0.2) is 91.6 Å². The fourth-order valence-electron chi connectivity index (χ4n) is 4.67. The van der Waals surface area contributed by atoms with E-state index in [0.717, 1.165) is 57.7 Å². The van der Waals surface area contributed by atoms with Crippen molar-refractivity contribution in [1.29, 1.82) is 0 Å². The Morgan fingerprint density at radius 2 is 1.67 bits per heavy atom. The van der Waals surface area contributed by atoms with E-state index in [1.54, 1.807) is 6.92 Å². The molecule has 0 aromatic heterocycles. The number of hydrogen-bond acceptors (Lipinski definition) is 6. The van der Waals surface area contributed by atoms with Gasteiger partial charge >= 0.3 is 12.0 Å². The Bertz CT molecular complexity index is 889. The highest BCUT2D eigenvalue weighted by Gasteiger charge is 2.34. The number of benzene rings is 1. The molecule has 33 heavy (non-hydrogen) atoms. The van der Waals surface area contributed by atoms with Crippen LogP contribution in [0.1, 0.15) is 31.4 Å². The molecule has 9 nitrogen and oxygen atoms in total. The number of piperazine rings is 1. The van der Waals surface area contributed by atoms with Crippen LogP contribution in [0.3, 0.4) is 0 Å². The van der Waals surface area contributed by atoms with Gasteiger partial charge in [0.25, 0.3) is 0 Å². The van der Waals surface area contributed by atoms with Crippen LogP contribution < -0.4 is 10.6 Å². The topological polar surface area (TPSA) is 94.2 Å². The van der Waals surface area contributed by atoms with Gasteiger partial charge in [-0.3, -0.25) is 14.6 Å². The second kappa shape index (κ2) is 10.8. The number of nitrogens with zero attached hydrogens (tertiary/aromatic N) is 3. The van der Waals surface area contributed by atoms with Crippen LogP contribution in [0.5, 0.6) is 0 Å². The van der Waals surface area contributed by atoms with Crippen LogP contribution in [0.25, 0.3) is 0 Å². The lowest BCUT2D eigenvalue weighted by atomic mass is 9.95. The molecular weight excluding hydrogens is 422 g/mol. The lowest BCUT2D eigenvalue weighted by Crippen LogP contribution is -2.53. The van der Waals surface area contributed by atoms with E-state index in [1.165, 1.54) is 0 Å². The minimum Gasteiger partial charge on any atom is -0.463 e. The summed E-state index contributed by atoms with van der Waals surface area (Å²) in [5.41, 5.74) is 1.85. The maximum Gasteiger partial charge on any atom is 0.338 e. The second-order valence-electron chi connectivity index (χ2n) is 8.70. The van der Waals surface area contributed by atoms with E-state index in [9.17, 15) is 14.4 Å². The molecule has 1 atom stereocenters. The number of urea groups is 1. The molecule has 0 spiro atoms. The minimum atomic E-state index is -0.562. The lowest BCUT2D eigenvalue weighted by Gasteiger charge is -2.37. The third kappa shape index (κ3) is 5.72. The highest BCUT2D eigenvalue weighted by Crippen LogP contribution is 2.28. The molecule has 0 saturated carbocycles. The molecule has 3 amide bonds. The quantitative estimate of drug-likeness (QED) is 0.598. The smallest absolute Gasteiger partial charge is 0.338 e. The molecule has 1 unspecified atom stereocenters. The molecule has 1 aromatic rings. The van der Waals surface area contributed by atoms with E-state index in [-0.39, 0.29) is 18.5 Å². The average molecular weight is 456 g/mol. The Morgan fingerprint density at radius 3 is 2.33 bits per heavy atom. The summed E-state index contributed by atoms with van der Waals surface area (Å²) in [7, 11) is 0. The summed E-state index contributed by atoms with van der Waals surface area (Å²) < 4.78 is 5.34. The molecule has 4 rings (SSSR count). The summed E-state index contributed by atoms with van der Waals surface area (Å²) >= 11 is 0. The second-order valence-corrected chi connectivity index (χ2v) is 8.70. The standard InChI is InChI=1S/C24H33N5O4/c1-2-33-23(31)21-19(25-24(32)26-22(21)18-8-4-3-5-9-18)16-27-12-14-28(15-13-27)17-20(30)29-10-6-7-11-29/h3-5,8-9,22H,2,6-7,10-17H2,1H3,(H2,25,26,32). The van der Waals surface area contributed by atoms with Crippen molar-refractivity contribution in [3.05, 3.63) is 47.2 Å². The molecule has 0 aliphatic carbocycles. The van der Waals surface area contributed by atoms with Crippen molar-refractivity contribution in [1.82, 2.24) is 25.3 Å². The Labute approximate surface area is 194 Å². The van der Waals surface area contributed by atoms with Gasteiger partial charge in [0.1, 0.15) is 0 Å². The van der Waals surface area contributed by atoms with E-state index in [2.05, 4.69) is 20.4 Å². The van der Waals surface area contributed by atoms with Crippen molar-refractivity contribution in [3.8, 4) is 0 Å². The van der Waals surface area contributed by atoms with Crippen molar-refractivity contribution in [2.45, 2.75) is 25.8 Å². The van der Waals surface area contributed by atoms with Crippen molar-refractivity contribution in [2.24, 2.45) is 0 Å². The van der Waals surface area contributed by atoms with Gasteiger partial charge in [0.05, 0.1) is 24.8 Å². The maximum absolute atomic E-state index is 12.9. The van der Waals surface area contributed by atoms with Gasteiger partial charge in [-0.15, -0.1) is 0 Å². The van der Waals surface area contributed by atoms with Gasteiger partial charge in [-0.1, -0.05) is 30.3 Å². The average Bonchev–Trinajstić information content (AvgIpc) is 3.36. The molecule has 2 fully saturated rings. The summed E-state index contributed by atoms with van der Waals surface area (Å²) in [6, 6.07) is 8.56. The number of likely N-dealkylation sites (tertiary alicyclic amines) is 1. The molecule has 0 bridgehead atoms. The molecule has 3 aliphatic heterocycles. The van der Waals surface area contributed by atoms with E-state index < -0.39 is 12.0 Å². The first-order chi connectivity index (χ1) is 16.0.